The Morgan fingerprint density at radius 2 is 2.44 bits per heavy atom. The number of nitrogens with zero attached hydrogens (tertiary/aromatic N) is 2. The summed E-state index contributed by atoms with van der Waals surface area (Å²) in [4.78, 5) is 8.13. The molecule has 2 atom stereocenters. The van der Waals surface area contributed by atoms with Gasteiger partial charge in [0.1, 0.15) is 0 Å². The number of likely N-dealkylation sites (tertiary alicyclic amines) is 1. The Labute approximate surface area is 101 Å². The zero-order valence-electron chi connectivity index (χ0n) is 9.72. The summed E-state index contributed by atoms with van der Waals surface area (Å²) in [7, 11) is 0. The van der Waals surface area contributed by atoms with Crippen molar-refractivity contribution >= 4 is 11.3 Å². The Balaban J connectivity index is 1.49. The van der Waals surface area contributed by atoms with E-state index < -0.39 is 0 Å². The van der Waals surface area contributed by atoms with Gasteiger partial charge < -0.3 is 5.32 Å². The fourth-order valence-electron chi connectivity index (χ4n) is 2.69. The van der Waals surface area contributed by atoms with Crippen molar-refractivity contribution in [3.8, 4) is 0 Å². The molecule has 1 aliphatic carbocycles. The van der Waals surface area contributed by atoms with Crippen LogP contribution in [-0.4, -0.2) is 34.6 Å². The molecule has 0 bridgehead atoms. The lowest BCUT2D eigenvalue weighted by Gasteiger charge is -2.19. The lowest BCUT2D eigenvalue weighted by molar-refractivity contribution is 0.255. The monoisotopic (exact) mass is 237 g/mol. The molecular weight excluding hydrogens is 218 g/mol. The molecular formula is C12H19N3S. The van der Waals surface area contributed by atoms with Gasteiger partial charge in [-0.3, -0.25) is 9.88 Å². The van der Waals surface area contributed by atoms with Gasteiger partial charge in [-0.1, -0.05) is 0 Å². The van der Waals surface area contributed by atoms with Crippen LogP contribution in [0.2, 0.25) is 0 Å². The van der Waals surface area contributed by atoms with Crippen LogP contribution in [0, 0.1) is 0 Å². The topological polar surface area (TPSA) is 28.2 Å². The Morgan fingerprint density at radius 3 is 3.12 bits per heavy atom. The Kier molecular flexibility index (Phi) is 2.96. The standard InChI is InChI=1S/C12H19N3S/c1-9-4-10(7-15(9)11-2-3-11)14-6-12-5-13-8-16-12/h5,8-11,14H,2-4,6-7H2,1H3. The maximum Gasteiger partial charge on any atom is 0.0794 e. The Bertz CT molecular complexity index is 334. The zero-order valence-corrected chi connectivity index (χ0v) is 10.5. The molecule has 0 amide bonds. The molecule has 2 unspecified atom stereocenters. The summed E-state index contributed by atoms with van der Waals surface area (Å²) >= 11 is 1.74. The molecule has 2 heterocycles. The molecule has 88 valence electrons. The van der Waals surface area contributed by atoms with Gasteiger partial charge in [-0.25, -0.2) is 0 Å². The van der Waals surface area contributed by atoms with E-state index >= 15 is 0 Å². The molecule has 3 nitrogen and oxygen atoms in total. The first-order valence-corrected chi connectivity index (χ1v) is 7.07. The third-order valence-corrected chi connectivity index (χ3v) is 4.47. The van der Waals surface area contributed by atoms with Crippen molar-refractivity contribution in [2.24, 2.45) is 0 Å². The van der Waals surface area contributed by atoms with E-state index in [0.29, 0.717) is 6.04 Å². The summed E-state index contributed by atoms with van der Waals surface area (Å²) in [5, 5.41) is 3.66. The summed E-state index contributed by atoms with van der Waals surface area (Å²) < 4.78 is 0. The van der Waals surface area contributed by atoms with E-state index in [0.717, 1.165) is 18.6 Å². The van der Waals surface area contributed by atoms with Gasteiger partial charge in [0.05, 0.1) is 5.51 Å². The number of aromatic nitrogens is 1. The van der Waals surface area contributed by atoms with Gasteiger partial charge in [0.15, 0.2) is 0 Å². The van der Waals surface area contributed by atoms with Crippen LogP contribution in [0.4, 0.5) is 0 Å². The Hall–Kier alpha value is -0.450. The van der Waals surface area contributed by atoms with Crippen LogP contribution in [-0.2, 0) is 6.54 Å². The molecule has 2 aliphatic rings. The van der Waals surface area contributed by atoms with E-state index in [4.69, 9.17) is 0 Å². The fourth-order valence-corrected chi connectivity index (χ4v) is 3.24. The number of nitrogens with one attached hydrogen (secondary N) is 1. The minimum Gasteiger partial charge on any atom is -0.308 e. The first-order valence-electron chi connectivity index (χ1n) is 6.19. The number of thiazole rings is 1. The molecule has 0 radical (unpaired) electrons. The predicted molar refractivity (Wildman–Crippen MR) is 66.5 cm³/mol. The predicted octanol–water partition coefficient (Wildman–Crippen LogP) is 1.86. The molecule has 0 spiro atoms. The molecule has 0 aromatic carbocycles. The summed E-state index contributed by atoms with van der Waals surface area (Å²) in [5.41, 5.74) is 1.91. The van der Waals surface area contributed by atoms with Gasteiger partial charge >= 0.3 is 0 Å². The molecule has 1 saturated carbocycles. The van der Waals surface area contributed by atoms with E-state index in [9.17, 15) is 0 Å². The lowest BCUT2D eigenvalue weighted by Crippen LogP contribution is -2.33. The molecule has 1 aliphatic heterocycles. The summed E-state index contributed by atoms with van der Waals surface area (Å²) in [5.74, 6) is 0. The minimum absolute atomic E-state index is 0.678. The van der Waals surface area contributed by atoms with Gasteiger partial charge in [0, 0.05) is 42.3 Å². The number of hydrogen-bond acceptors (Lipinski definition) is 4. The molecule has 4 heteroatoms. The fraction of sp³-hybridized carbons (Fsp3) is 0.750. The SMILES string of the molecule is CC1CC(NCc2cncs2)CN1C1CC1. The van der Waals surface area contributed by atoms with Crippen molar-refractivity contribution in [1.82, 2.24) is 15.2 Å². The number of rotatable bonds is 4. The van der Waals surface area contributed by atoms with Gasteiger partial charge in [0.2, 0.25) is 0 Å². The first kappa shape index (κ1) is 10.7. The maximum atomic E-state index is 4.10. The highest BCUT2D eigenvalue weighted by molar-refractivity contribution is 7.09. The molecule has 16 heavy (non-hydrogen) atoms. The van der Waals surface area contributed by atoms with Crippen LogP contribution < -0.4 is 5.32 Å². The molecule has 3 rings (SSSR count). The smallest absolute Gasteiger partial charge is 0.0794 e. The molecule has 1 N–H and O–H groups in total. The third kappa shape index (κ3) is 2.29. The quantitative estimate of drug-likeness (QED) is 0.866. The van der Waals surface area contributed by atoms with E-state index in [1.807, 2.05) is 11.7 Å². The van der Waals surface area contributed by atoms with Gasteiger partial charge in [-0.05, 0) is 26.2 Å². The summed E-state index contributed by atoms with van der Waals surface area (Å²) in [6.45, 7) is 4.60. The van der Waals surface area contributed by atoms with Crippen molar-refractivity contribution in [3.63, 3.8) is 0 Å². The van der Waals surface area contributed by atoms with Crippen LogP contribution in [0.25, 0.3) is 0 Å². The second-order valence-electron chi connectivity index (χ2n) is 5.06. The summed E-state index contributed by atoms with van der Waals surface area (Å²) in [6, 6.07) is 2.36. The van der Waals surface area contributed by atoms with E-state index in [1.165, 1.54) is 30.7 Å². The van der Waals surface area contributed by atoms with E-state index in [1.54, 1.807) is 11.3 Å². The van der Waals surface area contributed by atoms with Crippen molar-refractivity contribution in [3.05, 3.63) is 16.6 Å². The first-order chi connectivity index (χ1) is 7.83. The largest absolute Gasteiger partial charge is 0.308 e. The third-order valence-electron chi connectivity index (χ3n) is 3.69. The normalized spacial score (nSPS) is 31.1. The highest BCUT2D eigenvalue weighted by Gasteiger charge is 2.38. The molecule has 2 fully saturated rings. The average molecular weight is 237 g/mol. The van der Waals surface area contributed by atoms with Crippen LogP contribution in [0.5, 0.6) is 0 Å². The van der Waals surface area contributed by atoms with Crippen molar-refractivity contribution in [1.29, 1.82) is 0 Å². The number of hydrogen-bond donors (Lipinski definition) is 1. The van der Waals surface area contributed by atoms with Crippen molar-refractivity contribution in [2.45, 2.75) is 50.9 Å². The van der Waals surface area contributed by atoms with Crippen LogP contribution in [0.1, 0.15) is 31.1 Å². The minimum atomic E-state index is 0.678. The van der Waals surface area contributed by atoms with Gasteiger partial charge in [0.25, 0.3) is 0 Å². The van der Waals surface area contributed by atoms with Gasteiger partial charge in [-0.2, -0.15) is 0 Å². The highest BCUT2D eigenvalue weighted by atomic mass is 32.1. The summed E-state index contributed by atoms with van der Waals surface area (Å²) in [6.07, 6.45) is 6.11. The van der Waals surface area contributed by atoms with Crippen LogP contribution in [0.3, 0.4) is 0 Å². The van der Waals surface area contributed by atoms with Crippen molar-refractivity contribution < 1.29 is 0 Å². The van der Waals surface area contributed by atoms with Gasteiger partial charge in [-0.15, -0.1) is 11.3 Å². The van der Waals surface area contributed by atoms with E-state index in [2.05, 4.69) is 22.1 Å². The average Bonchev–Trinajstić information content (AvgIpc) is 2.85. The maximum absolute atomic E-state index is 4.10. The van der Waals surface area contributed by atoms with Crippen molar-refractivity contribution in [2.75, 3.05) is 6.54 Å². The highest BCUT2D eigenvalue weighted by Crippen LogP contribution is 2.33. The second-order valence-corrected chi connectivity index (χ2v) is 6.03. The van der Waals surface area contributed by atoms with E-state index in [-0.39, 0.29) is 0 Å². The van der Waals surface area contributed by atoms with Crippen LogP contribution >= 0.6 is 11.3 Å². The molecule has 1 aromatic heterocycles. The van der Waals surface area contributed by atoms with Crippen LogP contribution in [0.15, 0.2) is 11.7 Å². The lowest BCUT2D eigenvalue weighted by atomic mass is 10.2. The zero-order chi connectivity index (χ0) is 11.0. The Morgan fingerprint density at radius 1 is 1.56 bits per heavy atom. The second kappa shape index (κ2) is 4.43. The molecule has 1 saturated heterocycles. The molecule has 1 aromatic rings.